The van der Waals surface area contributed by atoms with E-state index in [-0.39, 0.29) is 12.4 Å². The van der Waals surface area contributed by atoms with E-state index in [4.69, 9.17) is 9.47 Å². The molecular weight excluding hydrogens is 262 g/mol. The minimum Gasteiger partial charge on any atom is -0.494 e. The molecule has 1 aromatic heterocycles. The molecule has 20 heavy (non-hydrogen) atoms. The van der Waals surface area contributed by atoms with Gasteiger partial charge < -0.3 is 9.47 Å². The molecule has 1 aromatic carbocycles. The summed E-state index contributed by atoms with van der Waals surface area (Å²) < 4.78 is 11.2. The van der Waals surface area contributed by atoms with E-state index < -0.39 is 11.7 Å². The molecule has 2 aromatic rings. The first-order chi connectivity index (χ1) is 9.65. The normalized spacial score (nSPS) is 10.3. The third kappa shape index (κ3) is 2.87. The Hall–Kier alpha value is -2.57. The Kier molecular flexibility index (Phi) is 4.19. The highest BCUT2D eigenvalue weighted by Crippen LogP contribution is 2.13. The summed E-state index contributed by atoms with van der Waals surface area (Å²) in [5, 5.41) is 3.91. The molecule has 0 unspecified atom stereocenters. The Balaban J connectivity index is 2.28. The number of rotatable bonds is 5. The summed E-state index contributed by atoms with van der Waals surface area (Å²) in [6, 6.07) is 6.82. The number of hydrogen-bond donors (Lipinski definition) is 1. The number of aromatic amines is 1. The average Bonchev–Trinajstić information content (AvgIpc) is 2.83. The van der Waals surface area contributed by atoms with Crippen molar-refractivity contribution in [2.45, 2.75) is 13.8 Å². The van der Waals surface area contributed by atoms with Crippen molar-refractivity contribution in [1.82, 2.24) is 14.8 Å². The molecule has 0 spiro atoms. The van der Waals surface area contributed by atoms with E-state index in [2.05, 4.69) is 10.1 Å². The zero-order valence-electron chi connectivity index (χ0n) is 11.3. The summed E-state index contributed by atoms with van der Waals surface area (Å²) in [4.78, 5) is 25.6. The number of esters is 1. The molecule has 2 rings (SSSR count). The van der Waals surface area contributed by atoms with Crippen LogP contribution in [0.1, 0.15) is 24.5 Å². The maximum absolute atomic E-state index is 11.8. The molecule has 1 N–H and O–H groups in total. The van der Waals surface area contributed by atoms with Gasteiger partial charge in [0.1, 0.15) is 5.75 Å². The van der Waals surface area contributed by atoms with Gasteiger partial charge in [-0.15, -0.1) is 5.10 Å². The average molecular weight is 277 g/mol. The van der Waals surface area contributed by atoms with Crippen LogP contribution in [0, 0.1) is 0 Å². The lowest BCUT2D eigenvalue weighted by Crippen LogP contribution is -2.15. The molecule has 0 aliphatic rings. The topological polar surface area (TPSA) is 86.2 Å². The lowest BCUT2D eigenvalue weighted by molar-refractivity contribution is 0.0512. The van der Waals surface area contributed by atoms with E-state index in [1.165, 1.54) is 0 Å². The van der Waals surface area contributed by atoms with Gasteiger partial charge in [0, 0.05) is 0 Å². The van der Waals surface area contributed by atoms with Gasteiger partial charge in [-0.2, -0.15) is 4.68 Å². The molecule has 106 valence electrons. The SMILES string of the molecule is CCOC(=O)c1nn(-c2ccc(OCC)cc2)c(=O)[nH]1. The first-order valence-corrected chi connectivity index (χ1v) is 6.25. The fraction of sp³-hybridized carbons (Fsp3) is 0.308. The fourth-order valence-electron chi connectivity index (χ4n) is 1.64. The van der Waals surface area contributed by atoms with Gasteiger partial charge in [0.15, 0.2) is 0 Å². The van der Waals surface area contributed by atoms with E-state index in [0.29, 0.717) is 18.0 Å². The van der Waals surface area contributed by atoms with Crippen LogP contribution in [0.4, 0.5) is 0 Å². The van der Waals surface area contributed by atoms with E-state index in [9.17, 15) is 9.59 Å². The zero-order valence-corrected chi connectivity index (χ0v) is 11.3. The molecule has 0 saturated heterocycles. The molecule has 0 amide bonds. The minimum atomic E-state index is -0.658. The summed E-state index contributed by atoms with van der Waals surface area (Å²) in [5.74, 6) is -0.0783. The van der Waals surface area contributed by atoms with Crippen LogP contribution < -0.4 is 10.4 Å². The van der Waals surface area contributed by atoms with Crippen LogP contribution in [0.2, 0.25) is 0 Å². The van der Waals surface area contributed by atoms with E-state index in [0.717, 1.165) is 4.68 Å². The second kappa shape index (κ2) is 6.05. The smallest absolute Gasteiger partial charge is 0.376 e. The molecule has 1 heterocycles. The number of ether oxygens (including phenoxy) is 2. The van der Waals surface area contributed by atoms with Crippen LogP contribution in [0.3, 0.4) is 0 Å². The van der Waals surface area contributed by atoms with Gasteiger partial charge in [-0.3, -0.25) is 4.98 Å². The Labute approximate surface area is 115 Å². The molecule has 0 radical (unpaired) electrons. The van der Waals surface area contributed by atoms with Gasteiger partial charge in [0.2, 0.25) is 5.82 Å². The summed E-state index contributed by atoms with van der Waals surface area (Å²) in [7, 11) is 0. The first-order valence-electron chi connectivity index (χ1n) is 6.25. The van der Waals surface area contributed by atoms with E-state index in [1.54, 1.807) is 31.2 Å². The van der Waals surface area contributed by atoms with Gasteiger partial charge in [-0.25, -0.2) is 9.59 Å². The molecule has 0 fully saturated rings. The minimum absolute atomic E-state index is 0.120. The molecular formula is C13H15N3O4. The van der Waals surface area contributed by atoms with E-state index in [1.807, 2.05) is 6.92 Å². The third-order valence-corrected chi connectivity index (χ3v) is 2.48. The molecule has 7 heteroatoms. The van der Waals surface area contributed by atoms with Crippen molar-refractivity contribution in [1.29, 1.82) is 0 Å². The van der Waals surface area contributed by atoms with Gasteiger partial charge in [0.25, 0.3) is 0 Å². The van der Waals surface area contributed by atoms with Crippen LogP contribution >= 0.6 is 0 Å². The lowest BCUT2D eigenvalue weighted by atomic mass is 10.3. The molecule has 0 bridgehead atoms. The quantitative estimate of drug-likeness (QED) is 0.828. The number of benzene rings is 1. The van der Waals surface area contributed by atoms with Crippen molar-refractivity contribution in [2.75, 3.05) is 13.2 Å². The molecule has 0 saturated carbocycles. The van der Waals surface area contributed by atoms with Crippen LogP contribution in [0.5, 0.6) is 5.75 Å². The van der Waals surface area contributed by atoms with Crippen molar-refractivity contribution in [3.8, 4) is 11.4 Å². The molecule has 7 nitrogen and oxygen atoms in total. The van der Waals surface area contributed by atoms with Crippen LogP contribution in [-0.4, -0.2) is 33.9 Å². The standard InChI is InChI=1S/C13H15N3O4/c1-3-19-10-7-5-9(6-8-10)16-13(18)14-11(15-16)12(17)20-4-2/h5-8H,3-4H2,1-2H3,(H,14,15,18). The van der Waals surface area contributed by atoms with Crippen molar-refractivity contribution in [2.24, 2.45) is 0 Å². The second-order valence-corrected chi connectivity index (χ2v) is 3.84. The number of hydrogen-bond acceptors (Lipinski definition) is 5. The maximum Gasteiger partial charge on any atom is 0.376 e. The zero-order chi connectivity index (χ0) is 14.5. The summed E-state index contributed by atoms with van der Waals surface area (Å²) in [6.45, 7) is 4.35. The van der Waals surface area contributed by atoms with Crippen molar-refractivity contribution < 1.29 is 14.3 Å². The largest absolute Gasteiger partial charge is 0.494 e. The Morgan fingerprint density at radius 1 is 1.25 bits per heavy atom. The second-order valence-electron chi connectivity index (χ2n) is 3.84. The fourth-order valence-corrected chi connectivity index (χ4v) is 1.64. The number of aromatic nitrogens is 3. The van der Waals surface area contributed by atoms with Gasteiger partial charge in [-0.1, -0.05) is 0 Å². The summed E-state index contributed by atoms with van der Waals surface area (Å²) in [6.07, 6.45) is 0. The number of nitrogens with one attached hydrogen (secondary N) is 1. The van der Waals surface area contributed by atoms with Crippen LogP contribution in [0.15, 0.2) is 29.1 Å². The highest BCUT2D eigenvalue weighted by Gasteiger charge is 2.15. The Bertz CT molecular complexity index is 642. The van der Waals surface area contributed by atoms with Gasteiger partial charge in [0.05, 0.1) is 18.9 Å². The predicted octanol–water partition coefficient (Wildman–Crippen LogP) is 1.14. The van der Waals surface area contributed by atoms with Crippen molar-refractivity contribution in [3.63, 3.8) is 0 Å². The maximum atomic E-state index is 11.8. The monoisotopic (exact) mass is 277 g/mol. The van der Waals surface area contributed by atoms with Gasteiger partial charge in [-0.05, 0) is 38.1 Å². The highest BCUT2D eigenvalue weighted by atomic mass is 16.5. The Morgan fingerprint density at radius 2 is 1.95 bits per heavy atom. The van der Waals surface area contributed by atoms with Crippen LogP contribution in [-0.2, 0) is 4.74 Å². The number of H-pyrrole nitrogens is 1. The molecule has 0 atom stereocenters. The highest BCUT2D eigenvalue weighted by molar-refractivity contribution is 5.84. The van der Waals surface area contributed by atoms with Crippen molar-refractivity contribution >= 4 is 5.97 Å². The predicted molar refractivity (Wildman–Crippen MR) is 71.3 cm³/mol. The lowest BCUT2D eigenvalue weighted by Gasteiger charge is -2.03. The van der Waals surface area contributed by atoms with Crippen molar-refractivity contribution in [3.05, 3.63) is 40.6 Å². The molecule has 0 aliphatic carbocycles. The van der Waals surface area contributed by atoms with Gasteiger partial charge >= 0.3 is 11.7 Å². The summed E-state index contributed by atoms with van der Waals surface area (Å²) >= 11 is 0. The third-order valence-electron chi connectivity index (χ3n) is 2.48. The number of carbonyl (C=O) groups excluding carboxylic acids is 1. The molecule has 0 aliphatic heterocycles. The Morgan fingerprint density at radius 3 is 2.55 bits per heavy atom. The number of nitrogens with zero attached hydrogens (tertiary/aromatic N) is 2. The summed E-state index contributed by atoms with van der Waals surface area (Å²) in [5.41, 5.74) is 0.0301. The first kappa shape index (κ1) is 13.9. The number of carbonyl (C=O) groups is 1. The van der Waals surface area contributed by atoms with E-state index >= 15 is 0 Å². The van der Waals surface area contributed by atoms with Crippen LogP contribution in [0.25, 0.3) is 5.69 Å².